The van der Waals surface area contributed by atoms with Crippen molar-refractivity contribution in [2.75, 3.05) is 6.61 Å². The van der Waals surface area contributed by atoms with Crippen LogP contribution in [0.4, 0.5) is 0 Å². The molecule has 1 aliphatic heterocycles. The predicted molar refractivity (Wildman–Crippen MR) is 96.4 cm³/mol. The van der Waals surface area contributed by atoms with E-state index in [2.05, 4.69) is 0 Å². The lowest BCUT2D eigenvalue weighted by Crippen LogP contribution is -2.66. The van der Waals surface area contributed by atoms with E-state index in [0.29, 0.717) is 0 Å². The highest BCUT2D eigenvalue weighted by Crippen LogP contribution is 2.42. The van der Waals surface area contributed by atoms with Gasteiger partial charge in [0.2, 0.25) is 11.9 Å². The highest BCUT2D eigenvalue weighted by atomic mass is 32.1. The molecule has 5 atom stereocenters. The molecule has 11 heteroatoms. The molecule has 160 valence electrons. The van der Waals surface area contributed by atoms with Gasteiger partial charge in [0.15, 0.2) is 12.2 Å². The molecule has 0 radical (unpaired) electrons. The first-order valence-corrected chi connectivity index (χ1v) is 8.93. The molecule has 0 saturated carbocycles. The zero-order chi connectivity index (χ0) is 24.6. The number of hydrogen-bond donors (Lipinski definition) is 1. The average Bonchev–Trinajstić information content (AvgIpc) is 3.36. The molecule has 0 aliphatic carbocycles. The summed E-state index contributed by atoms with van der Waals surface area (Å²) in [5.41, 5.74) is 0. The Balaban J connectivity index is 2.58. The Morgan fingerprint density at radius 3 is 2.28 bits per heavy atom. The molecule has 1 aromatic rings. The lowest BCUT2D eigenvalue weighted by Gasteiger charge is -2.48. The van der Waals surface area contributed by atoms with Crippen molar-refractivity contribution >= 4 is 35.2 Å². The Morgan fingerprint density at radius 2 is 1.69 bits per heavy atom. The van der Waals surface area contributed by atoms with Crippen LogP contribution in [-0.4, -0.2) is 60.0 Å². The number of rotatable bonds is 6. The van der Waals surface area contributed by atoms with Crippen molar-refractivity contribution in [3.8, 4) is 0 Å². The molecule has 2 rings (SSSR count). The fourth-order valence-corrected chi connectivity index (χ4v) is 3.61. The van der Waals surface area contributed by atoms with E-state index in [1.54, 1.807) is 5.38 Å². The van der Waals surface area contributed by atoms with Crippen LogP contribution >= 0.6 is 11.3 Å². The van der Waals surface area contributed by atoms with E-state index < -0.39 is 88.3 Å². The zero-order valence-electron chi connectivity index (χ0n) is 19.1. The molecule has 1 N–H and O–H groups in total. The number of esters is 4. The van der Waals surface area contributed by atoms with Crippen LogP contribution in [0.3, 0.4) is 0 Å². The molecule has 2 heterocycles. The maximum absolute atomic E-state index is 12.0. The van der Waals surface area contributed by atoms with Gasteiger partial charge in [0.1, 0.15) is 12.7 Å². The Hall–Kier alpha value is -2.50. The first-order valence-electron chi connectivity index (χ1n) is 10.9. The quantitative estimate of drug-likeness (QED) is 0.502. The summed E-state index contributed by atoms with van der Waals surface area (Å²) >= 11 is 0.978. The molecule has 0 spiro atoms. The van der Waals surface area contributed by atoms with Gasteiger partial charge in [-0.1, -0.05) is 6.07 Å². The largest absolute Gasteiger partial charge is 0.463 e. The number of carbonyl (C=O) groups is 4. The van der Waals surface area contributed by atoms with Gasteiger partial charge in [-0.3, -0.25) is 19.2 Å². The van der Waals surface area contributed by atoms with Crippen LogP contribution < -0.4 is 0 Å². The average molecular weight is 434 g/mol. The molecule has 29 heavy (non-hydrogen) atoms. The van der Waals surface area contributed by atoms with E-state index in [4.69, 9.17) is 29.2 Å². The van der Waals surface area contributed by atoms with Crippen LogP contribution in [0.1, 0.15) is 38.0 Å². The maximum Gasteiger partial charge on any atom is 0.303 e. The monoisotopic (exact) mass is 434 g/mol. The Labute approximate surface area is 176 Å². The predicted octanol–water partition coefficient (Wildman–Crippen LogP) is 0.650. The van der Waals surface area contributed by atoms with E-state index in [-0.39, 0.29) is 4.88 Å². The Kier molecular flexibility index (Phi) is 5.59. The van der Waals surface area contributed by atoms with Gasteiger partial charge < -0.3 is 28.8 Å². The molecule has 0 aromatic carbocycles. The third-order valence-corrected chi connectivity index (χ3v) is 4.76. The Morgan fingerprint density at radius 1 is 1.07 bits per heavy atom. The normalized spacial score (nSPS) is 30.7. The zero-order valence-corrected chi connectivity index (χ0v) is 15.9. The van der Waals surface area contributed by atoms with Crippen molar-refractivity contribution in [3.05, 3.63) is 22.4 Å². The molecular formula is C18H22O10S. The van der Waals surface area contributed by atoms with Gasteiger partial charge in [0.25, 0.3) is 0 Å². The molecular weight excluding hydrogens is 408 g/mol. The van der Waals surface area contributed by atoms with Gasteiger partial charge in [-0.25, -0.2) is 0 Å². The fraction of sp³-hybridized carbons (Fsp3) is 0.556. The van der Waals surface area contributed by atoms with E-state index in [1.165, 1.54) is 12.1 Å². The summed E-state index contributed by atoms with van der Waals surface area (Å²) in [6.45, 7) is -3.97. The van der Waals surface area contributed by atoms with Crippen LogP contribution in [0.25, 0.3) is 0 Å². The van der Waals surface area contributed by atoms with Crippen LogP contribution in [-0.2, 0) is 48.6 Å². The summed E-state index contributed by atoms with van der Waals surface area (Å²) in [7, 11) is 0. The summed E-state index contributed by atoms with van der Waals surface area (Å²) in [6, 6.07) is 2.95. The minimum Gasteiger partial charge on any atom is -0.463 e. The number of thiophene rings is 1. The first kappa shape index (κ1) is 17.4. The second-order valence-corrected chi connectivity index (χ2v) is 6.78. The highest BCUT2D eigenvalue weighted by molar-refractivity contribution is 7.10. The molecule has 1 unspecified atom stereocenters. The van der Waals surface area contributed by atoms with Gasteiger partial charge in [-0.15, -0.1) is 11.3 Å². The topological polar surface area (TPSA) is 135 Å². The van der Waals surface area contributed by atoms with Crippen molar-refractivity contribution in [3.63, 3.8) is 0 Å². The smallest absolute Gasteiger partial charge is 0.303 e. The van der Waals surface area contributed by atoms with Gasteiger partial charge in [-0.2, -0.15) is 0 Å². The summed E-state index contributed by atoms with van der Waals surface area (Å²) in [6.07, 6.45) is -6.73. The van der Waals surface area contributed by atoms with E-state index in [0.717, 1.165) is 11.3 Å². The van der Waals surface area contributed by atoms with Crippen molar-refractivity contribution in [2.24, 2.45) is 0 Å². The number of carbonyl (C=O) groups excluding carboxylic acids is 4. The summed E-state index contributed by atoms with van der Waals surface area (Å²) in [5.74, 6) is -6.81. The molecule has 1 fully saturated rings. The molecule has 0 bridgehead atoms. The second kappa shape index (κ2) is 9.33. The molecule has 0 amide bonds. The number of hydrogen-bond acceptors (Lipinski definition) is 11. The number of ether oxygens (including phenoxy) is 5. The first-order chi connectivity index (χ1) is 15.7. The fourth-order valence-electron chi connectivity index (χ4n) is 2.82. The Bertz CT molecular complexity index is 838. The van der Waals surface area contributed by atoms with E-state index in [1.807, 2.05) is 0 Å². The summed E-state index contributed by atoms with van der Waals surface area (Å²) < 4.78 is 54.8. The van der Waals surface area contributed by atoms with Crippen molar-refractivity contribution in [1.29, 1.82) is 0 Å². The van der Waals surface area contributed by atoms with Gasteiger partial charge in [0.05, 0.1) is 4.88 Å². The minimum atomic E-state index is -2.49. The van der Waals surface area contributed by atoms with Crippen molar-refractivity contribution in [1.82, 2.24) is 0 Å². The van der Waals surface area contributed by atoms with Crippen LogP contribution in [0.15, 0.2) is 17.5 Å². The lowest BCUT2D eigenvalue weighted by atomic mass is 9.90. The molecule has 1 aliphatic rings. The van der Waals surface area contributed by atoms with E-state index in [9.17, 15) is 24.3 Å². The summed E-state index contributed by atoms with van der Waals surface area (Å²) in [5, 5.41) is 13.0. The van der Waals surface area contributed by atoms with Crippen LogP contribution in [0, 0.1) is 0 Å². The molecule has 10 nitrogen and oxygen atoms in total. The second-order valence-electron chi connectivity index (χ2n) is 5.83. The van der Waals surface area contributed by atoms with E-state index >= 15 is 0 Å². The van der Waals surface area contributed by atoms with Gasteiger partial charge in [-0.05, 0) is 11.4 Å². The maximum atomic E-state index is 12.0. The third-order valence-electron chi connectivity index (χ3n) is 3.78. The summed E-state index contributed by atoms with van der Waals surface area (Å²) in [4.78, 5) is 47.5. The van der Waals surface area contributed by atoms with Crippen LogP contribution in [0.2, 0.25) is 0 Å². The van der Waals surface area contributed by atoms with Crippen molar-refractivity contribution in [2.45, 2.75) is 57.8 Å². The number of aliphatic hydroxyl groups is 1. The van der Waals surface area contributed by atoms with Gasteiger partial charge in [0, 0.05) is 33.1 Å². The van der Waals surface area contributed by atoms with Crippen molar-refractivity contribution < 1.29 is 53.5 Å². The SMILES string of the molecule is [2H]CC(=O)OC[C@H]1OC(O)(c2cccs2)[C@H](OC(=O)C[2H])[C@@H](OC(=O)C[2H])[C@H]1OC(=O)C[2H]. The molecule has 1 saturated heterocycles. The van der Waals surface area contributed by atoms with Crippen LogP contribution in [0.5, 0.6) is 0 Å². The lowest BCUT2D eigenvalue weighted by molar-refractivity contribution is -0.358. The third kappa shape index (κ3) is 5.52. The van der Waals surface area contributed by atoms with Gasteiger partial charge >= 0.3 is 23.9 Å². The minimum absolute atomic E-state index is 0.0827. The highest BCUT2D eigenvalue weighted by Gasteiger charge is 2.60. The molecule has 1 aromatic heterocycles. The standard InChI is InChI=1S/C18H22O10S/c1-9(19)24-8-13-15(25-10(2)20)16(26-11(3)21)17(27-12(4)22)18(23,28-13)14-6-5-7-29-14/h5-7,13,15-17,23H,8H2,1-4H3/t13-,15+,16+,17-,18?/m1/s1/i1D,2D,3D,4D.